The highest BCUT2D eigenvalue weighted by Crippen LogP contribution is 2.23. The van der Waals surface area contributed by atoms with Crippen molar-refractivity contribution in [3.63, 3.8) is 0 Å². The van der Waals surface area contributed by atoms with Crippen LogP contribution in [-0.4, -0.2) is 25.8 Å². The van der Waals surface area contributed by atoms with Gasteiger partial charge in [-0.05, 0) is 48.6 Å². The van der Waals surface area contributed by atoms with Crippen molar-refractivity contribution in [3.05, 3.63) is 60.2 Å². The molecule has 6 heteroatoms. The summed E-state index contributed by atoms with van der Waals surface area (Å²) in [5.41, 5.74) is 1.81. The lowest BCUT2D eigenvalue weighted by Gasteiger charge is -2.10. The smallest absolute Gasteiger partial charge is 0.224 e. The van der Waals surface area contributed by atoms with E-state index in [1.54, 1.807) is 12.1 Å². The lowest BCUT2D eigenvalue weighted by atomic mass is 10.0. The standard InChI is InChI=1S/C20H23NO4S/c22-20(11-6-17-12-13-26(23,24)15-17)21-18-7-9-19(10-8-18)25-14-16-4-2-1-3-5-16/h1-5,7-10,17H,6,11-15H2,(H,21,22). The molecule has 3 rings (SSSR count). The van der Waals surface area contributed by atoms with Gasteiger partial charge < -0.3 is 10.1 Å². The van der Waals surface area contributed by atoms with Gasteiger partial charge >= 0.3 is 0 Å². The molecule has 1 amide bonds. The molecule has 1 atom stereocenters. The second-order valence-electron chi connectivity index (χ2n) is 6.65. The van der Waals surface area contributed by atoms with E-state index >= 15 is 0 Å². The first kappa shape index (κ1) is 18.5. The Labute approximate surface area is 154 Å². The van der Waals surface area contributed by atoms with Crippen LogP contribution in [0.4, 0.5) is 5.69 Å². The first-order chi connectivity index (χ1) is 12.5. The maximum Gasteiger partial charge on any atom is 0.224 e. The summed E-state index contributed by atoms with van der Waals surface area (Å²) in [6.07, 6.45) is 1.62. The van der Waals surface area contributed by atoms with Crippen molar-refractivity contribution < 1.29 is 17.9 Å². The minimum atomic E-state index is -2.88. The molecule has 1 aliphatic rings. The van der Waals surface area contributed by atoms with Gasteiger partial charge in [0, 0.05) is 12.1 Å². The molecule has 0 bridgehead atoms. The molecule has 0 aromatic heterocycles. The van der Waals surface area contributed by atoms with E-state index in [1.807, 2.05) is 42.5 Å². The Balaban J connectivity index is 1.42. The van der Waals surface area contributed by atoms with Gasteiger partial charge in [0.05, 0.1) is 11.5 Å². The highest BCUT2D eigenvalue weighted by Gasteiger charge is 2.27. The van der Waals surface area contributed by atoms with Crippen LogP contribution in [0.5, 0.6) is 5.75 Å². The molecular formula is C20H23NO4S. The zero-order valence-electron chi connectivity index (χ0n) is 14.6. The summed E-state index contributed by atoms with van der Waals surface area (Å²) in [4.78, 5) is 12.0. The van der Waals surface area contributed by atoms with Crippen LogP contribution in [0.1, 0.15) is 24.8 Å². The van der Waals surface area contributed by atoms with Gasteiger partial charge in [0.15, 0.2) is 9.84 Å². The number of amides is 1. The molecule has 1 aliphatic heterocycles. The Bertz CT molecular complexity index is 832. The molecule has 1 N–H and O–H groups in total. The number of carbonyl (C=O) groups excluding carboxylic acids is 1. The normalized spacial score (nSPS) is 18.4. The Kier molecular flexibility index (Phi) is 5.93. The Morgan fingerprint density at radius 3 is 2.46 bits per heavy atom. The third-order valence-electron chi connectivity index (χ3n) is 4.49. The fourth-order valence-electron chi connectivity index (χ4n) is 3.03. The second kappa shape index (κ2) is 8.36. The molecule has 1 unspecified atom stereocenters. The van der Waals surface area contributed by atoms with Crippen LogP contribution in [0.2, 0.25) is 0 Å². The lowest BCUT2D eigenvalue weighted by molar-refractivity contribution is -0.116. The van der Waals surface area contributed by atoms with Gasteiger partial charge in [-0.3, -0.25) is 4.79 Å². The fourth-order valence-corrected chi connectivity index (χ4v) is 4.94. The highest BCUT2D eigenvalue weighted by molar-refractivity contribution is 7.91. The van der Waals surface area contributed by atoms with E-state index in [4.69, 9.17) is 4.74 Å². The lowest BCUT2D eigenvalue weighted by Crippen LogP contribution is -2.14. The molecule has 5 nitrogen and oxygen atoms in total. The molecular weight excluding hydrogens is 350 g/mol. The van der Waals surface area contributed by atoms with Gasteiger partial charge in [-0.1, -0.05) is 30.3 Å². The predicted molar refractivity (Wildman–Crippen MR) is 102 cm³/mol. The van der Waals surface area contributed by atoms with E-state index in [9.17, 15) is 13.2 Å². The highest BCUT2D eigenvalue weighted by atomic mass is 32.2. The largest absolute Gasteiger partial charge is 0.489 e. The SMILES string of the molecule is O=C(CCC1CCS(=O)(=O)C1)Nc1ccc(OCc2ccccc2)cc1. The molecule has 26 heavy (non-hydrogen) atoms. The van der Waals surface area contributed by atoms with Crippen LogP contribution in [0.15, 0.2) is 54.6 Å². The number of ether oxygens (including phenoxy) is 1. The number of rotatable bonds is 7. The quantitative estimate of drug-likeness (QED) is 0.807. The maximum atomic E-state index is 12.0. The number of hydrogen-bond donors (Lipinski definition) is 1. The van der Waals surface area contributed by atoms with Crippen molar-refractivity contribution in [1.82, 2.24) is 0 Å². The average molecular weight is 373 g/mol. The first-order valence-corrected chi connectivity index (χ1v) is 10.6. The van der Waals surface area contributed by atoms with Crippen molar-refractivity contribution in [2.45, 2.75) is 25.9 Å². The van der Waals surface area contributed by atoms with E-state index in [0.29, 0.717) is 31.6 Å². The van der Waals surface area contributed by atoms with Gasteiger partial charge in [0.2, 0.25) is 5.91 Å². The molecule has 1 heterocycles. The topological polar surface area (TPSA) is 72.5 Å². The summed E-state index contributed by atoms with van der Waals surface area (Å²) in [7, 11) is -2.88. The van der Waals surface area contributed by atoms with Crippen LogP contribution in [-0.2, 0) is 21.2 Å². The number of benzene rings is 2. The van der Waals surface area contributed by atoms with Crippen molar-refractivity contribution >= 4 is 21.4 Å². The van der Waals surface area contributed by atoms with Crippen molar-refractivity contribution in [2.75, 3.05) is 16.8 Å². The monoisotopic (exact) mass is 373 g/mol. The minimum absolute atomic E-state index is 0.0905. The van der Waals surface area contributed by atoms with Crippen molar-refractivity contribution in [1.29, 1.82) is 0 Å². The van der Waals surface area contributed by atoms with E-state index in [2.05, 4.69) is 5.32 Å². The van der Waals surface area contributed by atoms with E-state index in [0.717, 1.165) is 11.3 Å². The van der Waals surface area contributed by atoms with Crippen molar-refractivity contribution in [2.24, 2.45) is 5.92 Å². The Hall–Kier alpha value is -2.34. The zero-order valence-corrected chi connectivity index (χ0v) is 15.4. The maximum absolute atomic E-state index is 12.0. The summed E-state index contributed by atoms with van der Waals surface area (Å²) < 4.78 is 28.6. The number of sulfone groups is 1. The number of anilines is 1. The van der Waals surface area contributed by atoms with Gasteiger partial charge in [0.1, 0.15) is 12.4 Å². The van der Waals surface area contributed by atoms with E-state index < -0.39 is 9.84 Å². The molecule has 1 saturated heterocycles. The molecule has 0 saturated carbocycles. The van der Waals surface area contributed by atoms with Crippen LogP contribution in [0.3, 0.4) is 0 Å². The zero-order chi connectivity index (χ0) is 18.4. The molecule has 138 valence electrons. The minimum Gasteiger partial charge on any atom is -0.489 e. The molecule has 2 aromatic carbocycles. The number of carbonyl (C=O) groups is 1. The van der Waals surface area contributed by atoms with Crippen LogP contribution in [0, 0.1) is 5.92 Å². The summed E-state index contributed by atoms with van der Waals surface area (Å²) in [5, 5.41) is 2.84. The summed E-state index contributed by atoms with van der Waals surface area (Å²) in [6, 6.07) is 17.2. The molecule has 0 radical (unpaired) electrons. The third kappa shape index (κ3) is 5.59. The molecule has 0 aliphatic carbocycles. The van der Waals surface area contributed by atoms with E-state index in [1.165, 1.54) is 0 Å². The Morgan fingerprint density at radius 1 is 1.08 bits per heavy atom. The van der Waals surface area contributed by atoms with Gasteiger partial charge in [-0.15, -0.1) is 0 Å². The average Bonchev–Trinajstić information content (AvgIpc) is 2.99. The van der Waals surface area contributed by atoms with Crippen LogP contribution >= 0.6 is 0 Å². The predicted octanol–water partition coefficient (Wildman–Crippen LogP) is 3.42. The van der Waals surface area contributed by atoms with Crippen LogP contribution < -0.4 is 10.1 Å². The number of nitrogens with one attached hydrogen (secondary N) is 1. The van der Waals surface area contributed by atoms with Crippen LogP contribution in [0.25, 0.3) is 0 Å². The third-order valence-corrected chi connectivity index (χ3v) is 6.33. The van der Waals surface area contributed by atoms with Gasteiger partial charge in [-0.25, -0.2) is 8.42 Å². The van der Waals surface area contributed by atoms with Gasteiger partial charge in [0.25, 0.3) is 0 Å². The fraction of sp³-hybridized carbons (Fsp3) is 0.350. The van der Waals surface area contributed by atoms with Gasteiger partial charge in [-0.2, -0.15) is 0 Å². The van der Waals surface area contributed by atoms with Crippen molar-refractivity contribution in [3.8, 4) is 5.75 Å². The first-order valence-electron chi connectivity index (χ1n) is 8.77. The summed E-state index contributed by atoms with van der Waals surface area (Å²) in [6.45, 7) is 0.497. The van der Waals surface area contributed by atoms with E-state index in [-0.39, 0.29) is 23.3 Å². The molecule has 1 fully saturated rings. The number of hydrogen-bond acceptors (Lipinski definition) is 4. The summed E-state index contributed by atoms with van der Waals surface area (Å²) >= 11 is 0. The molecule has 2 aromatic rings. The Morgan fingerprint density at radius 2 is 1.81 bits per heavy atom. The molecule has 0 spiro atoms. The second-order valence-corrected chi connectivity index (χ2v) is 8.88. The summed E-state index contributed by atoms with van der Waals surface area (Å²) in [5.74, 6) is 1.23.